The zero-order chi connectivity index (χ0) is 9.59. The molecule has 0 spiro atoms. The summed E-state index contributed by atoms with van der Waals surface area (Å²) in [6.07, 6.45) is 0. The lowest BCUT2D eigenvalue weighted by atomic mass is 10.2. The third-order valence-corrected chi connectivity index (χ3v) is 3.09. The van der Waals surface area contributed by atoms with Crippen LogP contribution in [0.25, 0.3) is 0 Å². The Morgan fingerprint density at radius 3 is 2.69 bits per heavy atom. The Hall–Kier alpha value is -0.610. The summed E-state index contributed by atoms with van der Waals surface area (Å²) in [4.78, 5) is 0. The zero-order valence-electron chi connectivity index (χ0n) is 6.73. The lowest BCUT2D eigenvalue weighted by molar-refractivity contribution is 0.173. The maximum atomic E-state index is 9.58. The molecule has 0 amide bonds. The fourth-order valence-electron chi connectivity index (χ4n) is 1.15. The molecular weight excluding hydrogens is 259 g/mol. The van der Waals surface area contributed by atoms with E-state index in [4.69, 9.17) is 21.1 Å². The molecule has 1 aliphatic rings. The Bertz CT molecular complexity index is 343. The summed E-state index contributed by atoms with van der Waals surface area (Å²) >= 11 is 9.13. The third kappa shape index (κ3) is 1.16. The normalized spacial score (nSPS) is 13.5. The number of phenols is 1. The Kier molecular flexibility index (Phi) is 2.04. The van der Waals surface area contributed by atoms with Gasteiger partial charge in [0, 0.05) is 5.56 Å². The predicted octanol–water partition coefficient (Wildman–Crippen LogP) is 2.85. The van der Waals surface area contributed by atoms with Crippen molar-refractivity contribution in [2.75, 3.05) is 6.79 Å². The molecule has 1 aromatic rings. The standard InChI is InChI=1S/C8H6BrClO3/c1-3-5(10)8-7(12-2-13-8)4(9)6(3)11/h11H,2H2,1H3. The first kappa shape index (κ1) is 8.97. The topological polar surface area (TPSA) is 38.7 Å². The summed E-state index contributed by atoms with van der Waals surface area (Å²) in [6.45, 7) is 1.85. The van der Waals surface area contributed by atoms with Crippen molar-refractivity contribution in [2.24, 2.45) is 0 Å². The van der Waals surface area contributed by atoms with Gasteiger partial charge in [-0.3, -0.25) is 0 Å². The van der Waals surface area contributed by atoms with Crippen molar-refractivity contribution in [1.29, 1.82) is 0 Å². The van der Waals surface area contributed by atoms with Gasteiger partial charge in [0.15, 0.2) is 11.5 Å². The number of rotatable bonds is 0. The van der Waals surface area contributed by atoms with Crippen molar-refractivity contribution in [3.8, 4) is 17.2 Å². The van der Waals surface area contributed by atoms with Crippen molar-refractivity contribution < 1.29 is 14.6 Å². The molecule has 0 aliphatic carbocycles. The van der Waals surface area contributed by atoms with Crippen LogP contribution in [0, 0.1) is 6.92 Å². The molecule has 0 unspecified atom stereocenters. The summed E-state index contributed by atoms with van der Waals surface area (Å²) < 4.78 is 10.8. The average molecular weight is 265 g/mol. The second-order valence-corrected chi connectivity index (χ2v) is 3.84. The van der Waals surface area contributed by atoms with Gasteiger partial charge in [-0.1, -0.05) is 11.6 Å². The van der Waals surface area contributed by atoms with Gasteiger partial charge in [-0.15, -0.1) is 0 Å². The van der Waals surface area contributed by atoms with E-state index in [1.807, 2.05) is 0 Å². The number of aromatic hydroxyl groups is 1. The first-order chi connectivity index (χ1) is 6.13. The number of phenolic OH excluding ortho intramolecular Hbond substituents is 1. The molecule has 1 heterocycles. The lowest BCUT2D eigenvalue weighted by Crippen LogP contribution is -1.93. The van der Waals surface area contributed by atoms with Gasteiger partial charge in [0.2, 0.25) is 6.79 Å². The minimum absolute atomic E-state index is 0.0919. The molecule has 70 valence electrons. The number of fused-ring (bicyclic) bond motifs is 1. The molecule has 1 aliphatic heterocycles. The highest BCUT2D eigenvalue weighted by atomic mass is 79.9. The second kappa shape index (κ2) is 2.96. The van der Waals surface area contributed by atoms with Crippen LogP contribution in [0.3, 0.4) is 0 Å². The number of ether oxygens (including phenoxy) is 2. The Morgan fingerprint density at radius 1 is 1.38 bits per heavy atom. The first-order valence-electron chi connectivity index (χ1n) is 3.59. The number of benzene rings is 1. The number of hydrogen-bond donors (Lipinski definition) is 1. The Morgan fingerprint density at radius 2 is 2.00 bits per heavy atom. The summed E-state index contributed by atoms with van der Waals surface area (Å²) in [6, 6.07) is 0. The fourth-order valence-corrected chi connectivity index (χ4v) is 1.97. The average Bonchev–Trinajstić information content (AvgIpc) is 2.59. The van der Waals surface area contributed by atoms with E-state index in [-0.39, 0.29) is 12.5 Å². The van der Waals surface area contributed by atoms with E-state index < -0.39 is 0 Å². The second-order valence-electron chi connectivity index (χ2n) is 2.67. The van der Waals surface area contributed by atoms with Crippen LogP contribution in [-0.4, -0.2) is 11.9 Å². The van der Waals surface area contributed by atoms with E-state index >= 15 is 0 Å². The molecule has 0 radical (unpaired) electrons. The van der Waals surface area contributed by atoms with Crippen molar-refractivity contribution in [1.82, 2.24) is 0 Å². The number of hydrogen-bond acceptors (Lipinski definition) is 3. The number of halogens is 2. The van der Waals surface area contributed by atoms with Gasteiger partial charge in [0.05, 0.1) is 5.02 Å². The highest BCUT2D eigenvalue weighted by Gasteiger charge is 2.25. The molecule has 0 atom stereocenters. The summed E-state index contributed by atoms with van der Waals surface area (Å²) in [5, 5.41) is 9.98. The Balaban J connectivity index is 2.77. The molecule has 1 aromatic carbocycles. The third-order valence-electron chi connectivity index (χ3n) is 1.90. The van der Waals surface area contributed by atoms with E-state index in [0.717, 1.165) is 0 Å². The van der Waals surface area contributed by atoms with Gasteiger partial charge in [-0.05, 0) is 22.9 Å². The molecule has 5 heteroatoms. The predicted molar refractivity (Wildman–Crippen MR) is 51.7 cm³/mol. The highest BCUT2D eigenvalue weighted by molar-refractivity contribution is 9.10. The summed E-state index contributed by atoms with van der Waals surface area (Å²) in [7, 11) is 0. The van der Waals surface area contributed by atoms with Crippen LogP contribution < -0.4 is 9.47 Å². The largest absolute Gasteiger partial charge is 0.506 e. The lowest BCUT2D eigenvalue weighted by Gasteiger charge is -2.07. The van der Waals surface area contributed by atoms with Crippen molar-refractivity contribution in [3.05, 3.63) is 15.1 Å². The SMILES string of the molecule is Cc1c(O)c(Br)c2c(c1Cl)OCO2. The Labute approximate surface area is 88.3 Å². The van der Waals surface area contributed by atoms with Crippen LogP contribution in [0.15, 0.2) is 4.47 Å². The molecule has 13 heavy (non-hydrogen) atoms. The summed E-state index contributed by atoms with van der Waals surface area (Å²) in [5.41, 5.74) is 0.581. The van der Waals surface area contributed by atoms with Gasteiger partial charge in [0.1, 0.15) is 10.2 Å². The van der Waals surface area contributed by atoms with Crippen LogP contribution in [-0.2, 0) is 0 Å². The molecule has 0 saturated carbocycles. The van der Waals surface area contributed by atoms with E-state index in [2.05, 4.69) is 15.9 Å². The van der Waals surface area contributed by atoms with E-state index in [1.54, 1.807) is 6.92 Å². The maximum Gasteiger partial charge on any atom is 0.231 e. The minimum Gasteiger partial charge on any atom is -0.506 e. The van der Waals surface area contributed by atoms with Crippen molar-refractivity contribution in [3.63, 3.8) is 0 Å². The molecule has 3 nitrogen and oxygen atoms in total. The van der Waals surface area contributed by atoms with E-state index in [9.17, 15) is 5.11 Å². The van der Waals surface area contributed by atoms with Crippen LogP contribution in [0.2, 0.25) is 5.02 Å². The van der Waals surface area contributed by atoms with E-state index in [1.165, 1.54) is 0 Å². The van der Waals surface area contributed by atoms with Crippen LogP contribution in [0.5, 0.6) is 17.2 Å². The fraction of sp³-hybridized carbons (Fsp3) is 0.250. The van der Waals surface area contributed by atoms with Crippen LogP contribution in [0.4, 0.5) is 0 Å². The molecule has 0 aromatic heterocycles. The van der Waals surface area contributed by atoms with Crippen molar-refractivity contribution >= 4 is 27.5 Å². The zero-order valence-corrected chi connectivity index (χ0v) is 9.07. The molecular formula is C8H6BrClO3. The smallest absolute Gasteiger partial charge is 0.231 e. The molecule has 0 saturated heterocycles. The van der Waals surface area contributed by atoms with Gasteiger partial charge >= 0.3 is 0 Å². The minimum atomic E-state index is 0.0919. The van der Waals surface area contributed by atoms with Crippen molar-refractivity contribution in [2.45, 2.75) is 6.92 Å². The van der Waals surface area contributed by atoms with Crippen LogP contribution >= 0.6 is 27.5 Å². The van der Waals surface area contributed by atoms with Gasteiger partial charge in [0.25, 0.3) is 0 Å². The molecule has 1 N–H and O–H groups in total. The van der Waals surface area contributed by atoms with Crippen LogP contribution in [0.1, 0.15) is 5.56 Å². The summed E-state index contributed by atoms with van der Waals surface area (Å²) in [5.74, 6) is 1.05. The first-order valence-corrected chi connectivity index (χ1v) is 4.76. The molecule has 0 bridgehead atoms. The quantitative estimate of drug-likeness (QED) is 0.784. The monoisotopic (exact) mass is 264 g/mol. The van der Waals surface area contributed by atoms with Gasteiger partial charge in [-0.25, -0.2) is 0 Å². The highest BCUT2D eigenvalue weighted by Crippen LogP contribution is 2.50. The maximum absolute atomic E-state index is 9.58. The molecule has 2 rings (SSSR count). The van der Waals surface area contributed by atoms with E-state index in [0.29, 0.717) is 26.6 Å². The van der Waals surface area contributed by atoms with Gasteiger partial charge < -0.3 is 14.6 Å². The molecule has 0 fully saturated rings. The van der Waals surface area contributed by atoms with Gasteiger partial charge in [-0.2, -0.15) is 0 Å².